The van der Waals surface area contributed by atoms with Gasteiger partial charge < -0.3 is 10.1 Å². The first-order valence-electron chi connectivity index (χ1n) is 4.41. The molecule has 0 aromatic heterocycles. The lowest BCUT2D eigenvalue weighted by Gasteiger charge is -2.22. The van der Waals surface area contributed by atoms with Gasteiger partial charge in [-0.05, 0) is 25.6 Å². The average Bonchev–Trinajstić information content (AvgIpc) is 2.10. The van der Waals surface area contributed by atoms with Crippen molar-refractivity contribution in [2.24, 2.45) is 5.92 Å². The minimum atomic E-state index is 0.621. The lowest BCUT2D eigenvalue weighted by molar-refractivity contribution is 0.173. The van der Waals surface area contributed by atoms with E-state index in [-0.39, 0.29) is 0 Å². The molecular formula is C9H21NOS. The number of rotatable bonds is 7. The fourth-order valence-electron chi connectivity index (χ4n) is 1.22. The maximum Gasteiger partial charge on any atom is 0.0465 e. The number of hydrogen-bond acceptors (Lipinski definition) is 3. The highest BCUT2D eigenvalue weighted by molar-refractivity contribution is 7.98. The van der Waals surface area contributed by atoms with Crippen molar-refractivity contribution in [3.63, 3.8) is 0 Å². The highest BCUT2D eigenvalue weighted by atomic mass is 32.2. The summed E-state index contributed by atoms with van der Waals surface area (Å²) in [4.78, 5) is 0. The van der Waals surface area contributed by atoms with E-state index in [4.69, 9.17) is 4.74 Å². The van der Waals surface area contributed by atoms with Gasteiger partial charge in [0.25, 0.3) is 0 Å². The quantitative estimate of drug-likeness (QED) is 0.660. The molecule has 0 aliphatic carbocycles. The van der Waals surface area contributed by atoms with Crippen LogP contribution in [-0.2, 0) is 4.74 Å². The Morgan fingerprint density at radius 3 is 2.58 bits per heavy atom. The second-order valence-electron chi connectivity index (χ2n) is 3.11. The standard InChI is InChI=1S/C9H21NOS/c1-8(5-6-11-3)9(10-2)7-12-4/h8-10H,5-7H2,1-4H3. The summed E-state index contributed by atoms with van der Waals surface area (Å²) in [5.74, 6) is 1.88. The van der Waals surface area contributed by atoms with Gasteiger partial charge in [0.15, 0.2) is 0 Å². The van der Waals surface area contributed by atoms with Crippen molar-refractivity contribution < 1.29 is 4.74 Å². The van der Waals surface area contributed by atoms with Gasteiger partial charge in [0.05, 0.1) is 0 Å². The van der Waals surface area contributed by atoms with Crippen LogP contribution in [0.3, 0.4) is 0 Å². The normalized spacial score (nSPS) is 16.0. The third-order valence-corrected chi connectivity index (χ3v) is 2.87. The Morgan fingerprint density at radius 2 is 2.17 bits per heavy atom. The van der Waals surface area contributed by atoms with Gasteiger partial charge in [-0.1, -0.05) is 6.92 Å². The van der Waals surface area contributed by atoms with E-state index in [0.29, 0.717) is 12.0 Å². The molecule has 0 bridgehead atoms. The molecule has 0 aromatic carbocycles. The Balaban J connectivity index is 3.60. The highest BCUT2D eigenvalue weighted by Gasteiger charge is 2.13. The Kier molecular flexibility index (Phi) is 8.07. The molecule has 0 aliphatic heterocycles. The van der Waals surface area contributed by atoms with E-state index in [1.807, 2.05) is 18.8 Å². The molecule has 0 rings (SSSR count). The summed E-state index contributed by atoms with van der Waals surface area (Å²) in [6, 6.07) is 0.621. The van der Waals surface area contributed by atoms with Gasteiger partial charge in [-0.15, -0.1) is 0 Å². The predicted molar refractivity (Wildman–Crippen MR) is 56.9 cm³/mol. The second-order valence-corrected chi connectivity index (χ2v) is 4.02. The summed E-state index contributed by atoms with van der Waals surface area (Å²) in [6.07, 6.45) is 3.29. The van der Waals surface area contributed by atoms with Crippen molar-refractivity contribution >= 4 is 11.8 Å². The zero-order valence-corrected chi connectivity index (χ0v) is 9.41. The molecular weight excluding hydrogens is 170 g/mol. The Labute approximate surface area is 80.4 Å². The fraction of sp³-hybridized carbons (Fsp3) is 1.00. The van der Waals surface area contributed by atoms with Gasteiger partial charge in [0.1, 0.15) is 0 Å². The van der Waals surface area contributed by atoms with Crippen molar-refractivity contribution in [1.29, 1.82) is 0 Å². The van der Waals surface area contributed by atoms with Crippen LogP contribution < -0.4 is 5.32 Å². The molecule has 0 aliphatic rings. The fourth-order valence-corrected chi connectivity index (χ4v) is 2.07. The van der Waals surface area contributed by atoms with Crippen molar-refractivity contribution in [1.82, 2.24) is 5.32 Å². The lowest BCUT2D eigenvalue weighted by Crippen LogP contribution is -2.34. The van der Waals surface area contributed by atoms with E-state index >= 15 is 0 Å². The molecule has 0 aromatic rings. The maximum absolute atomic E-state index is 5.05. The molecule has 0 spiro atoms. The molecule has 0 heterocycles. The highest BCUT2D eigenvalue weighted by Crippen LogP contribution is 2.11. The SMILES string of the molecule is CNC(CSC)C(C)CCOC. The molecule has 2 nitrogen and oxygen atoms in total. The van der Waals surface area contributed by atoms with Crippen molar-refractivity contribution in [3.05, 3.63) is 0 Å². The van der Waals surface area contributed by atoms with E-state index in [1.54, 1.807) is 7.11 Å². The number of thioether (sulfide) groups is 1. The molecule has 12 heavy (non-hydrogen) atoms. The van der Waals surface area contributed by atoms with Crippen LogP contribution in [0.5, 0.6) is 0 Å². The van der Waals surface area contributed by atoms with E-state index in [1.165, 1.54) is 5.75 Å². The number of methoxy groups -OCH3 is 1. The monoisotopic (exact) mass is 191 g/mol. The minimum Gasteiger partial charge on any atom is -0.385 e. The van der Waals surface area contributed by atoms with Crippen LogP contribution in [0.4, 0.5) is 0 Å². The molecule has 0 fully saturated rings. The average molecular weight is 191 g/mol. The Morgan fingerprint density at radius 1 is 1.50 bits per heavy atom. The molecule has 2 atom stereocenters. The maximum atomic E-state index is 5.05. The van der Waals surface area contributed by atoms with Gasteiger partial charge in [0, 0.05) is 25.5 Å². The smallest absolute Gasteiger partial charge is 0.0465 e. The van der Waals surface area contributed by atoms with Crippen LogP contribution in [0.25, 0.3) is 0 Å². The van der Waals surface area contributed by atoms with Gasteiger partial charge in [-0.2, -0.15) is 11.8 Å². The summed E-state index contributed by atoms with van der Waals surface area (Å²) in [5, 5.41) is 3.34. The molecule has 74 valence electrons. The predicted octanol–water partition coefficient (Wildman–Crippen LogP) is 1.61. The summed E-state index contributed by atoms with van der Waals surface area (Å²) < 4.78 is 5.05. The Hall–Kier alpha value is 0.270. The first-order chi connectivity index (χ1) is 5.76. The van der Waals surface area contributed by atoms with Gasteiger partial charge in [-0.25, -0.2) is 0 Å². The Bertz CT molecular complexity index is 101. The van der Waals surface area contributed by atoms with E-state index in [9.17, 15) is 0 Å². The topological polar surface area (TPSA) is 21.3 Å². The van der Waals surface area contributed by atoms with E-state index in [2.05, 4.69) is 18.5 Å². The summed E-state index contributed by atoms with van der Waals surface area (Å²) in [6.45, 7) is 3.14. The zero-order valence-electron chi connectivity index (χ0n) is 8.59. The van der Waals surface area contributed by atoms with Gasteiger partial charge in [-0.3, -0.25) is 0 Å². The summed E-state index contributed by atoms with van der Waals surface area (Å²) >= 11 is 1.89. The second kappa shape index (κ2) is 7.90. The number of hydrogen-bond donors (Lipinski definition) is 1. The summed E-state index contributed by atoms with van der Waals surface area (Å²) in [5.41, 5.74) is 0. The van der Waals surface area contributed by atoms with Crippen LogP contribution in [0.1, 0.15) is 13.3 Å². The molecule has 0 radical (unpaired) electrons. The van der Waals surface area contributed by atoms with Crippen LogP contribution in [-0.4, -0.2) is 38.8 Å². The largest absolute Gasteiger partial charge is 0.385 e. The van der Waals surface area contributed by atoms with Gasteiger partial charge in [0.2, 0.25) is 0 Å². The van der Waals surface area contributed by atoms with Crippen LogP contribution in [0, 0.1) is 5.92 Å². The number of nitrogens with one attached hydrogen (secondary N) is 1. The lowest BCUT2D eigenvalue weighted by atomic mass is 10.0. The third-order valence-electron chi connectivity index (χ3n) is 2.18. The molecule has 0 saturated heterocycles. The third kappa shape index (κ3) is 5.01. The van der Waals surface area contributed by atoms with Crippen molar-refractivity contribution in [2.75, 3.05) is 32.8 Å². The van der Waals surface area contributed by atoms with Crippen LogP contribution in [0.15, 0.2) is 0 Å². The molecule has 0 saturated carbocycles. The van der Waals surface area contributed by atoms with Crippen LogP contribution in [0.2, 0.25) is 0 Å². The van der Waals surface area contributed by atoms with Crippen molar-refractivity contribution in [3.8, 4) is 0 Å². The van der Waals surface area contributed by atoms with Gasteiger partial charge >= 0.3 is 0 Å². The zero-order chi connectivity index (χ0) is 9.40. The van der Waals surface area contributed by atoms with Crippen LogP contribution >= 0.6 is 11.8 Å². The molecule has 1 N–H and O–H groups in total. The van der Waals surface area contributed by atoms with E-state index in [0.717, 1.165) is 13.0 Å². The van der Waals surface area contributed by atoms with Crippen molar-refractivity contribution in [2.45, 2.75) is 19.4 Å². The summed E-state index contributed by atoms with van der Waals surface area (Å²) in [7, 11) is 3.79. The minimum absolute atomic E-state index is 0.621. The first kappa shape index (κ1) is 12.3. The number of ether oxygens (including phenoxy) is 1. The first-order valence-corrected chi connectivity index (χ1v) is 5.80. The molecule has 2 unspecified atom stereocenters. The molecule has 3 heteroatoms. The van der Waals surface area contributed by atoms with E-state index < -0.39 is 0 Å². The molecule has 0 amide bonds.